The van der Waals surface area contributed by atoms with Crippen LogP contribution < -0.4 is 11.1 Å². The van der Waals surface area contributed by atoms with Gasteiger partial charge in [0.2, 0.25) is 5.91 Å². The van der Waals surface area contributed by atoms with Crippen LogP contribution in [0.4, 0.5) is 0 Å². The molecule has 0 bridgehead atoms. The van der Waals surface area contributed by atoms with Gasteiger partial charge in [0.25, 0.3) is 0 Å². The number of rotatable bonds is 5. The molecule has 2 rings (SSSR count). The maximum atomic E-state index is 11.8. The Hall–Kier alpha value is -2.08. The zero-order valence-electron chi connectivity index (χ0n) is 11.2. The molecule has 6 nitrogen and oxygen atoms in total. The van der Waals surface area contributed by atoms with Gasteiger partial charge in [-0.05, 0) is 18.4 Å². The number of benzene rings is 1. The van der Waals surface area contributed by atoms with Crippen LogP contribution in [-0.4, -0.2) is 36.2 Å². The van der Waals surface area contributed by atoms with Gasteiger partial charge in [-0.2, -0.15) is 0 Å². The first-order valence-corrected chi connectivity index (χ1v) is 6.64. The lowest BCUT2D eigenvalue weighted by Gasteiger charge is -2.10. The molecular weight excluding hydrogens is 258 g/mol. The highest BCUT2D eigenvalue weighted by molar-refractivity contribution is 5.97. The van der Waals surface area contributed by atoms with E-state index in [1.165, 1.54) is 0 Å². The smallest absolute Gasteiger partial charge is 0.224 e. The summed E-state index contributed by atoms with van der Waals surface area (Å²) in [4.78, 5) is 11.8. The van der Waals surface area contributed by atoms with Gasteiger partial charge < -0.3 is 21.0 Å². The van der Waals surface area contributed by atoms with Crippen molar-refractivity contribution >= 4 is 11.7 Å². The molecule has 1 aromatic carbocycles. The van der Waals surface area contributed by atoms with E-state index in [2.05, 4.69) is 10.5 Å². The summed E-state index contributed by atoms with van der Waals surface area (Å²) >= 11 is 0. The Morgan fingerprint density at radius 3 is 2.80 bits per heavy atom. The first-order chi connectivity index (χ1) is 9.69. The molecule has 1 atom stereocenters. The monoisotopic (exact) mass is 277 g/mol. The standard InChI is InChI=1S/C14H19N3O3/c15-14(17-19)11-5-3-10(4-6-11)8-13(18)16-9-12-2-1-7-20-12/h3-6,12,19H,1-2,7-9H2,(H2,15,17)(H,16,18). The van der Waals surface area contributed by atoms with E-state index < -0.39 is 0 Å². The predicted octanol–water partition coefficient (Wildman–Crippen LogP) is 0.619. The molecule has 1 aliphatic heterocycles. The Balaban J connectivity index is 1.81. The van der Waals surface area contributed by atoms with Gasteiger partial charge in [-0.25, -0.2) is 0 Å². The number of nitrogens with zero attached hydrogens (tertiary/aromatic N) is 1. The van der Waals surface area contributed by atoms with Crippen molar-refractivity contribution in [2.45, 2.75) is 25.4 Å². The molecule has 1 fully saturated rings. The van der Waals surface area contributed by atoms with Crippen LogP contribution in [0.5, 0.6) is 0 Å². The summed E-state index contributed by atoms with van der Waals surface area (Å²) in [5.74, 6) is 0.0245. The lowest BCUT2D eigenvalue weighted by atomic mass is 10.1. The molecular formula is C14H19N3O3. The molecule has 20 heavy (non-hydrogen) atoms. The summed E-state index contributed by atoms with van der Waals surface area (Å²) < 4.78 is 5.44. The molecule has 1 heterocycles. The number of nitrogens with one attached hydrogen (secondary N) is 1. The van der Waals surface area contributed by atoms with E-state index in [0.717, 1.165) is 25.0 Å². The summed E-state index contributed by atoms with van der Waals surface area (Å²) in [6.45, 7) is 1.36. The van der Waals surface area contributed by atoms with Crippen molar-refractivity contribution in [2.24, 2.45) is 10.9 Å². The maximum Gasteiger partial charge on any atom is 0.224 e. The van der Waals surface area contributed by atoms with Gasteiger partial charge in [0.1, 0.15) is 0 Å². The van der Waals surface area contributed by atoms with E-state index >= 15 is 0 Å². The van der Waals surface area contributed by atoms with Crippen LogP contribution in [0.15, 0.2) is 29.4 Å². The number of hydrogen-bond acceptors (Lipinski definition) is 4. The molecule has 6 heteroatoms. The fourth-order valence-electron chi connectivity index (χ4n) is 2.13. The highest BCUT2D eigenvalue weighted by Gasteiger charge is 2.16. The van der Waals surface area contributed by atoms with Gasteiger partial charge in [0, 0.05) is 18.7 Å². The second kappa shape index (κ2) is 6.91. The van der Waals surface area contributed by atoms with Crippen molar-refractivity contribution in [3.05, 3.63) is 35.4 Å². The highest BCUT2D eigenvalue weighted by Crippen LogP contribution is 2.10. The Labute approximate surface area is 117 Å². The third-order valence-electron chi connectivity index (χ3n) is 3.27. The predicted molar refractivity (Wildman–Crippen MR) is 74.6 cm³/mol. The van der Waals surface area contributed by atoms with Crippen LogP contribution >= 0.6 is 0 Å². The second-order valence-electron chi connectivity index (χ2n) is 4.80. The van der Waals surface area contributed by atoms with Gasteiger partial charge in [-0.3, -0.25) is 4.79 Å². The lowest BCUT2D eigenvalue weighted by Crippen LogP contribution is -2.32. The summed E-state index contributed by atoms with van der Waals surface area (Å²) in [5.41, 5.74) is 6.97. The van der Waals surface area contributed by atoms with Crippen LogP contribution in [0.3, 0.4) is 0 Å². The van der Waals surface area contributed by atoms with Crippen molar-refractivity contribution in [3.8, 4) is 0 Å². The molecule has 0 aromatic heterocycles. The van der Waals surface area contributed by atoms with Gasteiger partial charge in [0.15, 0.2) is 5.84 Å². The minimum Gasteiger partial charge on any atom is -0.409 e. The molecule has 4 N–H and O–H groups in total. The molecule has 1 aromatic rings. The fourth-order valence-corrected chi connectivity index (χ4v) is 2.13. The Morgan fingerprint density at radius 1 is 1.45 bits per heavy atom. The first kappa shape index (κ1) is 14.3. The van der Waals surface area contributed by atoms with Gasteiger partial charge >= 0.3 is 0 Å². The van der Waals surface area contributed by atoms with Crippen molar-refractivity contribution < 1.29 is 14.7 Å². The summed E-state index contributed by atoms with van der Waals surface area (Å²) in [6, 6.07) is 7.02. The molecule has 1 unspecified atom stereocenters. The average Bonchev–Trinajstić information content (AvgIpc) is 2.98. The van der Waals surface area contributed by atoms with Crippen LogP contribution in [0.1, 0.15) is 24.0 Å². The molecule has 108 valence electrons. The van der Waals surface area contributed by atoms with Crippen molar-refractivity contribution in [1.82, 2.24) is 5.32 Å². The number of carbonyl (C=O) groups excluding carboxylic acids is 1. The third kappa shape index (κ3) is 3.96. The lowest BCUT2D eigenvalue weighted by molar-refractivity contribution is -0.120. The minimum atomic E-state index is -0.0305. The van der Waals surface area contributed by atoms with E-state index in [4.69, 9.17) is 15.7 Å². The number of oxime groups is 1. The quantitative estimate of drug-likeness (QED) is 0.318. The van der Waals surface area contributed by atoms with E-state index in [1.807, 2.05) is 0 Å². The molecule has 0 radical (unpaired) electrons. The Bertz CT molecular complexity index is 479. The third-order valence-corrected chi connectivity index (χ3v) is 3.27. The molecule has 0 saturated carbocycles. The van der Waals surface area contributed by atoms with E-state index in [9.17, 15) is 4.79 Å². The molecule has 1 amide bonds. The number of hydrogen-bond donors (Lipinski definition) is 3. The summed E-state index contributed by atoms with van der Waals surface area (Å²) in [5, 5.41) is 14.4. The van der Waals surface area contributed by atoms with Crippen molar-refractivity contribution in [3.63, 3.8) is 0 Å². The number of amides is 1. The number of carbonyl (C=O) groups is 1. The largest absolute Gasteiger partial charge is 0.409 e. The Morgan fingerprint density at radius 2 is 2.20 bits per heavy atom. The molecule has 0 aliphatic carbocycles. The SMILES string of the molecule is NC(=NO)c1ccc(CC(=O)NCC2CCCO2)cc1. The number of nitrogens with two attached hydrogens (primary N) is 1. The van der Waals surface area contributed by atoms with Crippen LogP contribution in [0.2, 0.25) is 0 Å². The molecule has 1 saturated heterocycles. The normalized spacial score (nSPS) is 19.0. The van der Waals surface area contributed by atoms with Crippen LogP contribution in [0.25, 0.3) is 0 Å². The Kier molecular flexibility index (Phi) is 4.95. The number of ether oxygens (including phenoxy) is 1. The van der Waals surface area contributed by atoms with Crippen molar-refractivity contribution in [2.75, 3.05) is 13.2 Å². The first-order valence-electron chi connectivity index (χ1n) is 6.64. The highest BCUT2D eigenvalue weighted by atomic mass is 16.5. The molecule has 1 aliphatic rings. The number of amidine groups is 1. The maximum absolute atomic E-state index is 11.8. The summed E-state index contributed by atoms with van der Waals surface area (Å²) in [7, 11) is 0. The van der Waals surface area contributed by atoms with Gasteiger partial charge in [-0.15, -0.1) is 0 Å². The van der Waals surface area contributed by atoms with Gasteiger partial charge in [-0.1, -0.05) is 29.4 Å². The van der Waals surface area contributed by atoms with Gasteiger partial charge in [0.05, 0.1) is 12.5 Å². The van der Waals surface area contributed by atoms with E-state index in [-0.39, 0.29) is 17.8 Å². The topological polar surface area (TPSA) is 96.9 Å². The average molecular weight is 277 g/mol. The second-order valence-corrected chi connectivity index (χ2v) is 4.80. The van der Waals surface area contributed by atoms with Crippen LogP contribution in [0, 0.1) is 0 Å². The fraction of sp³-hybridized carbons (Fsp3) is 0.429. The minimum absolute atomic E-state index is 0.0305. The van der Waals surface area contributed by atoms with E-state index in [1.54, 1.807) is 24.3 Å². The molecule has 0 spiro atoms. The van der Waals surface area contributed by atoms with E-state index in [0.29, 0.717) is 18.5 Å². The zero-order chi connectivity index (χ0) is 14.4. The van der Waals surface area contributed by atoms with Crippen molar-refractivity contribution in [1.29, 1.82) is 0 Å². The van der Waals surface area contributed by atoms with Crippen LogP contribution in [-0.2, 0) is 16.0 Å². The summed E-state index contributed by atoms with van der Waals surface area (Å²) in [6.07, 6.45) is 2.54. The zero-order valence-corrected chi connectivity index (χ0v) is 11.2.